The Hall–Kier alpha value is -0.620. The number of aliphatic hydroxyl groups excluding tert-OH is 1. The number of nitrogens with zero attached hydrogens (tertiary/aromatic N) is 2. The van der Waals surface area contributed by atoms with E-state index in [0.717, 1.165) is 36.0 Å². The Morgan fingerprint density at radius 1 is 1.31 bits per heavy atom. The third kappa shape index (κ3) is 9.91. The van der Waals surface area contributed by atoms with Crippen LogP contribution in [0, 0.1) is 5.92 Å². The van der Waals surface area contributed by atoms with Gasteiger partial charge in [0.15, 0.2) is 11.7 Å². The van der Waals surface area contributed by atoms with Crippen LogP contribution in [0.2, 0.25) is 0 Å². The van der Waals surface area contributed by atoms with Crippen LogP contribution in [0.25, 0.3) is 0 Å². The first kappa shape index (κ1) is 25.4. The SMILES string of the molecule is CCCC(CCO)CN=C(NCC)NCCc1nc(C(F)(F)F)cs1.I. The summed E-state index contributed by atoms with van der Waals surface area (Å²) in [5, 5.41) is 16.8. The molecule has 1 atom stereocenters. The standard InChI is InChI=1S/C16H27F3N4OS.HI/c1-3-5-12(7-9-24)10-22-15(20-4-2)21-8-6-14-23-13(11-25-14)16(17,18)19;/h11-12,24H,3-10H2,1-2H3,(H2,20,21,22);1H. The molecule has 1 rings (SSSR count). The summed E-state index contributed by atoms with van der Waals surface area (Å²) in [5.74, 6) is 0.966. The van der Waals surface area contributed by atoms with Gasteiger partial charge in [-0.3, -0.25) is 4.99 Å². The van der Waals surface area contributed by atoms with Gasteiger partial charge in [0, 0.05) is 38.0 Å². The van der Waals surface area contributed by atoms with Gasteiger partial charge in [-0.2, -0.15) is 13.2 Å². The van der Waals surface area contributed by atoms with Crippen LogP contribution in [-0.2, 0) is 12.6 Å². The molecule has 1 aromatic rings. The summed E-state index contributed by atoms with van der Waals surface area (Å²) in [6, 6.07) is 0. The van der Waals surface area contributed by atoms with Gasteiger partial charge in [-0.15, -0.1) is 35.3 Å². The number of halogens is 4. The minimum atomic E-state index is -4.39. The van der Waals surface area contributed by atoms with Crippen molar-refractivity contribution < 1.29 is 18.3 Å². The molecule has 0 aromatic carbocycles. The molecule has 1 aromatic heterocycles. The van der Waals surface area contributed by atoms with Gasteiger partial charge in [0.05, 0.1) is 5.01 Å². The fourth-order valence-electron chi connectivity index (χ4n) is 2.32. The van der Waals surface area contributed by atoms with E-state index in [0.29, 0.717) is 42.9 Å². The highest BCUT2D eigenvalue weighted by Crippen LogP contribution is 2.29. The number of aliphatic imine (C=N–C) groups is 1. The zero-order valence-corrected chi connectivity index (χ0v) is 18.3. The molecule has 5 nitrogen and oxygen atoms in total. The minimum absolute atomic E-state index is 0. The Kier molecular flexibility index (Phi) is 13.2. The van der Waals surface area contributed by atoms with Crippen molar-refractivity contribution in [3.63, 3.8) is 0 Å². The van der Waals surface area contributed by atoms with Crippen LogP contribution < -0.4 is 10.6 Å². The lowest BCUT2D eigenvalue weighted by molar-refractivity contribution is -0.140. The molecule has 0 aliphatic carbocycles. The van der Waals surface area contributed by atoms with Crippen LogP contribution in [-0.4, -0.2) is 42.3 Å². The fourth-order valence-corrected chi connectivity index (χ4v) is 3.13. The molecular weight excluding hydrogens is 480 g/mol. The number of rotatable bonds is 10. The Bertz CT molecular complexity index is 520. The molecule has 0 spiro atoms. The normalized spacial score (nSPS) is 13.2. The first-order valence-corrected chi connectivity index (χ1v) is 9.43. The second-order valence-corrected chi connectivity index (χ2v) is 6.63. The van der Waals surface area contributed by atoms with Crippen molar-refractivity contribution in [1.29, 1.82) is 0 Å². The van der Waals surface area contributed by atoms with E-state index in [1.807, 2.05) is 6.92 Å². The third-order valence-electron chi connectivity index (χ3n) is 3.56. The predicted octanol–water partition coefficient (Wildman–Crippen LogP) is 3.68. The fraction of sp³-hybridized carbons (Fsp3) is 0.750. The summed E-state index contributed by atoms with van der Waals surface area (Å²) in [6.07, 6.45) is -1.23. The molecule has 0 saturated carbocycles. The maximum atomic E-state index is 12.5. The summed E-state index contributed by atoms with van der Waals surface area (Å²) in [5.41, 5.74) is -0.834. The van der Waals surface area contributed by atoms with Gasteiger partial charge in [-0.05, 0) is 25.7 Å². The molecule has 1 heterocycles. The molecule has 0 saturated heterocycles. The Labute approximate surface area is 173 Å². The maximum Gasteiger partial charge on any atom is 0.434 e. The van der Waals surface area contributed by atoms with Gasteiger partial charge < -0.3 is 15.7 Å². The van der Waals surface area contributed by atoms with Crippen LogP contribution in [0.4, 0.5) is 13.2 Å². The van der Waals surface area contributed by atoms with Crippen molar-refractivity contribution in [2.45, 2.75) is 45.7 Å². The lowest BCUT2D eigenvalue weighted by Gasteiger charge is -2.15. The van der Waals surface area contributed by atoms with E-state index in [1.165, 1.54) is 0 Å². The molecule has 1 unspecified atom stereocenters. The van der Waals surface area contributed by atoms with E-state index in [4.69, 9.17) is 5.11 Å². The molecule has 0 bridgehead atoms. The zero-order chi connectivity index (χ0) is 18.7. The number of alkyl halides is 3. The van der Waals surface area contributed by atoms with Gasteiger partial charge >= 0.3 is 6.18 Å². The predicted molar refractivity (Wildman–Crippen MR) is 110 cm³/mol. The van der Waals surface area contributed by atoms with Gasteiger partial charge in [0.1, 0.15) is 0 Å². The average molecular weight is 508 g/mol. The summed E-state index contributed by atoms with van der Waals surface area (Å²) < 4.78 is 37.6. The van der Waals surface area contributed by atoms with E-state index >= 15 is 0 Å². The van der Waals surface area contributed by atoms with E-state index in [9.17, 15) is 13.2 Å². The number of aromatic nitrogens is 1. The second-order valence-electron chi connectivity index (χ2n) is 5.69. The van der Waals surface area contributed by atoms with E-state index in [1.54, 1.807) is 0 Å². The molecule has 3 N–H and O–H groups in total. The van der Waals surface area contributed by atoms with Crippen LogP contribution in [0.15, 0.2) is 10.4 Å². The lowest BCUT2D eigenvalue weighted by atomic mass is 10.0. The van der Waals surface area contributed by atoms with E-state index in [-0.39, 0.29) is 30.6 Å². The highest BCUT2D eigenvalue weighted by molar-refractivity contribution is 14.0. The van der Waals surface area contributed by atoms with Crippen LogP contribution >= 0.6 is 35.3 Å². The van der Waals surface area contributed by atoms with E-state index < -0.39 is 11.9 Å². The summed E-state index contributed by atoms with van der Waals surface area (Å²) in [6.45, 7) is 5.95. The number of hydrogen-bond donors (Lipinski definition) is 3. The van der Waals surface area contributed by atoms with Crippen molar-refractivity contribution >= 4 is 41.3 Å². The second kappa shape index (κ2) is 13.5. The van der Waals surface area contributed by atoms with Crippen molar-refractivity contribution in [3.8, 4) is 0 Å². The topological polar surface area (TPSA) is 69.5 Å². The summed E-state index contributed by atoms with van der Waals surface area (Å²) in [7, 11) is 0. The molecule has 0 aliphatic rings. The molecule has 0 aliphatic heterocycles. The summed E-state index contributed by atoms with van der Waals surface area (Å²) >= 11 is 1.01. The molecule has 0 amide bonds. The highest BCUT2D eigenvalue weighted by Gasteiger charge is 2.33. The van der Waals surface area contributed by atoms with Crippen molar-refractivity contribution in [2.24, 2.45) is 10.9 Å². The summed E-state index contributed by atoms with van der Waals surface area (Å²) in [4.78, 5) is 8.13. The number of nitrogens with one attached hydrogen (secondary N) is 2. The number of thiazole rings is 1. The van der Waals surface area contributed by atoms with Gasteiger partial charge in [-0.1, -0.05) is 13.3 Å². The molecule has 0 radical (unpaired) electrons. The first-order chi connectivity index (χ1) is 11.9. The van der Waals surface area contributed by atoms with Crippen molar-refractivity contribution in [3.05, 3.63) is 16.1 Å². The number of aliphatic hydroxyl groups is 1. The van der Waals surface area contributed by atoms with E-state index in [2.05, 4.69) is 27.5 Å². The average Bonchev–Trinajstić information content (AvgIpc) is 3.02. The molecule has 10 heteroatoms. The lowest BCUT2D eigenvalue weighted by Crippen LogP contribution is -2.38. The Morgan fingerprint density at radius 2 is 2.04 bits per heavy atom. The molecule has 26 heavy (non-hydrogen) atoms. The number of guanidine groups is 1. The maximum absolute atomic E-state index is 12.5. The largest absolute Gasteiger partial charge is 0.434 e. The van der Waals surface area contributed by atoms with Crippen LogP contribution in [0.3, 0.4) is 0 Å². The monoisotopic (exact) mass is 508 g/mol. The third-order valence-corrected chi connectivity index (χ3v) is 4.47. The molecular formula is C16H28F3IN4OS. The zero-order valence-electron chi connectivity index (χ0n) is 15.1. The van der Waals surface area contributed by atoms with Gasteiger partial charge in [-0.25, -0.2) is 4.98 Å². The van der Waals surface area contributed by atoms with Crippen LogP contribution in [0.1, 0.15) is 43.8 Å². The molecule has 152 valence electrons. The van der Waals surface area contributed by atoms with Crippen LogP contribution in [0.5, 0.6) is 0 Å². The Morgan fingerprint density at radius 3 is 2.58 bits per heavy atom. The highest BCUT2D eigenvalue weighted by atomic mass is 127. The van der Waals surface area contributed by atoms with Crippen molar-refractivity contribution in [2.75, 3.05) is 26.2 Å². The first-order valence-electron chi connectivity index (χ1n) is 8.55. The number of hydrogen-bond acceptors (Lipinski definition) is 4. The van der Waals surface area contributed by atoms with Gasteiger partial charge in [0.2, 0.25) is 0 Å². The van der Waals surface area contributed by atoms with Gasteiger partial charge in [0.25, 0.3) is 0 Å². The molecule has 0 fully saturated rings. The Balaban J connectivity index is 0.00000625. The smallest absolute Gasteiger partial charge is 0.396 e. The quantitative estimate of drug-likeness (QED) is 0.256. The van der Waals surface area contributed by atoms with Crippen molar-refractivity contribution in [1.82, 2.24) is 15.6 Å². The minimum Gasteiger partial charge on any atom is -0.396 e.